The first kappa shape index (κ1) is 26.4. The Balaban J connectivity index is 1.27. The van der Waals surface area contributed by atoms with Gasteiger partial charge >= 0.3 is 0 Å². The van der Waals surface area contributed by atoms with Crippen LogP contribution in [0, 0.1) is 0 Å². The SMILES string of the molecule is CCC(=O)c1ccc(Nc2cc(-c3ccc4c(cnn4CCN4CCOCC4)c3)nc(N3CCOCC3)n2)cc1. The first-order chi connectivity index (χ1) is 19.7. The van der Waals surface area contributed by atoms with Crippen LogP contribution in [0.15, 0.2) is 54.7 Å². The zero-order chi connectivity index (χ0) is 27.3. The Kier molecular flexibility index (Phi) is 7.99. The van der Waals surface area contributed by atoms with E-state index < -0.39 is 0 Å². The van der Waals surface area contributed by atoms with Gasteiger partial charge in [-0.25, -0.2) is 4.98 Å². The maximum Gasteiger partial charge on any atom is 0.228 e. The van der Waals surface area contributed by atoms with Crippen molar-refractivity contribution in [2.75, 3.05) is 69.4 Å². The minimum atomic E-state index is 0.130. The van der Waals surface area contributed by atoms with Crippen LogP contribution in [0.3, 0.4) is 0 Å². The summed E-state index contributed by atoms with van der Waals surface area (Å²) < 4.78 is 13.1. The van der Waals surface area contributed by atoms with E-state index in [2.05, 4.69) is 43.1 Å². The molecular formula is C30H35N7O3. The average molecular weight is 542 g/mol. The van der Waals surface area contributed by atoms with Gasteiger partial charge in [-0.05, 0) is 36.4 Å². The molecule has 2 saturated heterocycles. The molecule has 0 aliphatic carbocycles. The van der Waals surface area contributed by atoms with E-state index in [-0.39, 0.29) is 5.78 Å². The van der Waals surface area contributed by atoms with E-state index in [4.69, 9.17) is 19.4 Å². The Morgan fingerprint density at radius 3 is 2.40 bits per heavy atom. The zero-order valence-corrected chi connectivity index (χ0v) is 22.9. The second kappa shape index (κ2) is 12.1. The van der Waals surface area contributed by atoms with Gasteiger partial charge in [0, 0.05) is 67.4 Å². The maximum absolute atomic E-state index is 12.0. The Morgan fingerprint density at radius 2 is 1.65 bits per heavy atom. The minimum Gasteiger partial charge on any atom is -0.379 e. The number of aromatic nitrogens is 4. The number of morpholine rings is 2. The lowest BCUT2D eigenvalue weighted by molar-refractivity contribution is 0.0361. The lowest BCUT2D eigenvalue weighted by atomic mass is 10.1. The minimum absolute atomic E-state index is 0.130. The van der Waals surface area contributed by atoms with Crippen LogP contribution in [-0.4, -0.2) is 89.6 Å². The fourth-order valence-electron chi connectivity index (χ4n) is 5.13. The summed E-state index contributed by atoms with van der Waals surface area (Å²) in [6.07, 6.45) is 2.42. The van der Waals surface area contributed by atoms with E-state index in [9.17, 15) is 4.79 Å². The number of Topliss-reactive ketones (excluding diaryl/α,β-unsaturated/α-hetero) is 1. The van der Waals surface area contributed by atoms with E-state index in [1.54, 1.807) is 0 Å². The highest BCUT2D eigenvalue weighted by Gasteiger charge is 2.18. The summed E-state index contributed by atoms with van der Waals surface area (Å²) in [7, 11) is 0. The average Bonchev–Trinajstić information content (AvgIpc) is 3.43. The van der Waals surface area contributed by atoms with Crippen LogP contribution in [0.25, 0.3) is 22.2 Å². The molecule has 10 heteroatoms. The lowest BCUT2D eigenvalue weighted by Gasteiger charge is -2.27. The molecule has 2 fully saturated rings. The summed E-state index contributed by atoms with van der Waals surface area (Å²) in [5.41, 5.74) is 4.52. The molecular weight excluding hydrogens is 506 g/mol. The summed E-state index contributed by atoms with van der Waals surface area (Å²) in [5, 5.41) is 9.17. The van der Waals surface area contributed by atoms with Crippen molar-refractivity contribution >= 4 is 34.1 Å². The van der Waals surface area contributed by atoms with Gasteiger partial charge in [0.2, 0.25) is 5.95 Å². The van der Waals surface area contributed by atoms with Crippen molar-refractivity contribution in [3.05, 3.63) is 60.3 Å². The quantitative estimate of drug-likeness (QED) is 0.315. The van der Waals surface area contributed by atoms with Gasteiger partial charge in [0.25, 0.3) is 0 Å². The van der Waals surface area contributed by atoms with Gasteiger partial charge in [0.1, 0.15) is 5.82 Å². The molecule has 4 heterocycles. The Labute approximate surface area is 233 Å². The van der Waals surface area contributed by atoms with Crippen LogP contribution in [0.4, 0.5) is 17.5 Å². The van der Waals surface area contributed by atoms with Gasteiger partial charge < -0.3 is 19.7 Å². The number of hydrogen-bond donors (Lipinski definition) is 1. The molecule has 1 N–H and O–H groups in total. The topological polar surface area (TPSA) is 97.6 Å². The third-order valence-electron chi connectivity index (χ3n) is 7.48. The molecule has 0 spiro atoms. The van der Waals surface area contributed by atoms with E-state index in [0.29, 0.717) is 37.0 Å². The van der Waals surface area contributed by atoms with Crippen LogP contribution in [-0.2, 0) is 16.0 Å². The summed E-state index contributed by atoms with van der Waals surface area (Å²) >= 11 is 0. The fraction of sp³-hybridized carbons (Fsp3) is 0.400. The van der Waals surface area contributed by atoms with E-state index in [0.717, 1.165) is 80.3 Å². The standard InChI is InChI=1S/C30H35N7O3/c1-2-28(38)22-3-6-25(7-4-22)32-29-20-26(33-30(34-29)36-13-17-40-18-14-36)23-5-8-27-24(19-23)21-31-37(27)10-9-35-11-15-39-16-12-35/h3-8,19-21H,2,9-18H2,1H3,(H,32,33,34). The highest BCUT2D eigenvalue weighted by atomic mass is 16.5. The molecule has 10 nitrogen and oxygen atoms in total. The van der Waals surface area contributed by atoms with Gasteiger partial charge in [-0.1, -0.05) is 13.0 Å². The van der Waals surface area contributed by atoms with Crippen molar-refractivity contribution < 1.29 is 14.3 Å². The Bertz CT molecular complexity index is 1460. The van der Waals surface area contributed by atoms with Crippen LogP contribution in [0.1, 0.15) is 23.7 Å². The molecule has 6 rings (SSSR count). The molecule has 0 amide bonds. The molecule has 0 atom stereocenters. The van der Waals surface area contributed by atoms with E-state index in [1.165, 1.54) is 0 Å². The smallest absolute Gasteiger partial charge is 0.228 e. The van der Waals surface area contributed by atoms with E-state index in [1.807, 2.05) is 43.5 Å². The van der Waals surface area contributed by atoms with Gasteiger partial charge in [-0.3, -0.25) is 14.4 Å². The molecule has 2 aromatic heterocycles. The van der Waals surface area contributed by atoms with Gasteiger partial charge in [-0.15, -0.1) is 0 Å². The van der Waals surface area contributed by atoms with Gasteiger partial charge in [0.05, 0.1) is 50.4 Å². The maximum atomic E-state index is 12.0. The number of nitrogens with one attached hydrogen (secondary N) is 1. The summed E-state index contributed by atoms with van der Waals surface area (Å²) in [6.45, 7) is 10.0. The number of carbonyl (C=O) groups is 1. The van der Waals surface area contributed by atoms with Gasteiger partial charge in [-0.2, -0.15) is 10.1 Å². The number of anilines is 3. The lowest BCUT2D eigenvalue weighted by Crippen LogP contribution is -2.38. The zero-order valence-electron chi connectivity index (χ0n) is 22.9. The summed E-state index contributed by atoms with van der Waals surface area (Å²) in [6, 6.07) is 15.9. The van der Waals surface area contributed by atoms with Crippen molar-refractivity contribution in [2.24, 2.45) is 0 Å². The molecule has 0 radical (unpaired) electrons. The Morgan fingerprint density at radius 1 is 0.900 bits per heavy atom. The molecule has 0 unspecified atom stereocenters. The molecule has 4 aromatic rings. The second-order valence-corrected chi connectivity index (χ2v) is 10.1. The highest BCUT2D eigenvalue weighted by Crippen LogP contribution is 2.28. The second-order valence-electron chi connectivity index (χ2n) is 10.1. The third-order valence-corrected chi connectivity index (χ3v) is 7.48. The summed E-state index contributed by atoms with van der Waals surface area (Å²) in [4.78, 5) is 26.4. The molecule has 40 heavy (non-hydrogen) atoms. The van der Waals surface area contributed by atoms with Crippen molar-refractivity contribution in [1.82, 2.24) is 24.6 Å². The molecule has 2 aliphatic heterocycles. The monoisotopic (exact) mass is 541 g/mol. The van der Waals surface area contributed by atoms with Crippen molar-refractivity contribution in [2.45, 2.75) is 19.9 Å². The van der Waals surface area contributed by atoms with Crippen LogP contribution in [0.5, 0.6) is 0 Å². The third kappa shape index (κ3) is 5.99. The van der Waals surface area contributed by atoms with Crippen LogP contribution >= 0.6 is 0 Å². The largest absolute Gasteiger partial charge is 0.379 e. The first-order valence-electron chi connectivity index (χ1n) is 14.0. The number of carbonyl (C=O) groups excluding carboxylic acids is 1. The normalized spacial score (nSPS) is 16.4. The van der Waals surface area contributed by atoms with Crippen LogP contribution in [0.2, 0.25) is 0 Å². The van der Waals surface area contributed by atoms with Crippen molar-refractivity contribution in [3.63, 3.8) is 0 Å². The number of hydrogen-bond acceptors (Lipinski definition) is 9. The summed E-state index contributed by atoms with van der Waals surface area (Å²) in [5.74, 6) is 1.50. The van der Waals surface area contributed by atoms with Crippen molar-refractivity contribution in [1.29, 1.82) is 0 Å². The molecule has 208 valence electrons. The first-order valence-corrected chi connectivity index (χ1v) is 14.0. The molecule has 2 aromatic carbocycles. The number of benzene rings is 2. The number of fused-ring (bicyclic) bond motifs is 1. The highest BCUT2D eigenvalue weighted by molar-refractivity contribution is 5.96. The predicted molar refractivity (Wildman–Crippen MR) is 155 cm³/mol. The number of ketones is 1. The fourth-order valence-corrected chi connectivity index (χ4v) is 5.13. The number of ether oxygens (including phenoxy) is 2. The molecule has 2 aliphatic rings. The molecule has 0 bridgehead atoms. The molecule has 0 saturated carbocycles. The van der Waals surface area contributed by atoms with E-state index >= 15 is 0 Å². The number of rotatable bonds is 9. The van der Waals surface area contributed by atoms with Gasteiger partial charge in [0.15, 0.2) is 5.78 Å². The van der Waals surface area contributed by atoms with Crippen molar-refractivity contribution in [3.8, 4) is 11.3 Å². The number of nitrogens with zero attached hydrogens (tertiary/aromatic N) is 6. The Hall–Kier alpha value is -3.86. The van der Waals surface area contributed by atoms with Crippen LogP contribution < -0.4 is 10.2 Å². The predicted octanol–water partition coefficient (Wildman–Crippen LogP) is 4.00.